The summed E-state index contributed by atoms with van der Waals surface area (Å²) in [6.07, 6.45) is 1.88. The molecule has 166 valence electrons. The minimum absolute atomic E-state index is 0.0508. The van der Waals surface area contributed by atoms with Crippen LogP contribution in [0, 0.1) is 5.82 Å². The van der Waals surface area contributed by atoms with Crippen LogP contribution in [0.1, 0.15) is 33.1 Å². The van der Waals surface area contributed by atoms with Gasteiger partial charge in [0.1, 0.15) is 17.4 Å². The summed E-state index contributed by atoms with van der Waals surface area (Å²) in [6.45, 7) is 0.474. The zero-order valence-corrected chi connectivity index (χ0v) is 17.9. The number of aromatic nitrogens is 1. The lowest BCUT2D eigenvalue weighted by molar-refractivity contribution is -0.137. The van der Waals surface area contributed by atoms with Gasteiger partial charge in [0.25, 0.3) is 11.5 Å². The third-order valence-corrected chi connectivity index (χ3v) is 5.51. The van der Waals surface area contributed by atoms with Crippen LogP contribution in [0.5, 0.6) is 0 Å². The van der Waals surface area contributed by atoms with Crippen molar-refractivity contribution in [2.75, 3.05) is 40.8 Å². The van der Waals surface area contributed by atoms with Gasteiger partial charge in [0.05, 0.1) is 6.61 Å². The van der Waals surface area contributed by atoms with Crippen molar-refractivity contribution in [3.8, 4) is 0 Å². The highest BCUT2D eigenvalue weighted by molar-refractivity contribution is 5.95. The van der Waals surface area contributed by atoms with Crippen LogP contribution in [0.3, 0.4) is 0 Å². The number of halogens is 1. The second-order valence-corrected chi connectivity index (χ2v) is 7.88. The highest BCUT2D eigenvalue weighted by atomic mass is 19.1. The number of carbonyl (C=O) groups excluding carboxylic acids is 2. The van der Waals surface area contributed by atoms with Crippen molar-refractivity contribution in [3.63, 3.8) is 0 Å². The van der Waals surface area contributed by atoms with Gasteiger partial charge in [-0.1, -0.05) is 12.1 Å². The van der Waals surface area contributed by atoms with Crippen LogP contribution in [-0.2, 0) is 17.8 Å². The molecule has 1 atom stereocenters. The predicted molar refractivity (Wildman–Crippen MR) is 113 cm³/mol. The summed E-state index contributed by atoms with van der Waals surface area (Å²) in [6, 6.07) is 5.32. The average Bonchev–Trinajstić information content (AvgIpc) is 2.73. The lowest BCUT2D eigenvalue weighted by atomic mass is 9.95. The zero-order valence-electron chi connectivity index (χ0n) is 17.9. The lowest BCUT2D eigenvalue weighted by Gasteiger charge is -2.34. The third-order valence-electron chi connectivity index (χ3n) is 5.51. The molecule has 3 rings (SSSR count). The highest BCUT2D eigenvalue weighted by Crippen LogP contribution is 2.26. The van der Waals surface area contributed by atoms with Gasteiger partial charge < -0.3 is 19.9 Å². The predicted octanol–water partition coefficient (Wildman–Crippen LogP) is 0.766. The second-order valence-electron chi connectivity index (χ2n) is 7.88. The Morgan fingerprint density at radius 2 is 2.03 bits per heavy atom. The Labute approximate surface area is 179 Å². The van der Waals surface area contributed by atoms with Gasteiger partial charge in [-0.05, 0) is 49.3 Å². The van der Waals surface area contributed by atoms with E-state index in [1.54, 1.807) is 36.0 Å². The van der Waals surface area contributed by atoms with E-state index in [0.29, 0.717) is 29.7 Å². The number of amides is 2. The molecule has 0 spiro atoms. The molecule has 1 aliphatic heterocycles. The number of aliphatic hydroxyl groups excluding tert-OH is 1. The fourth-order valence-electron chi connectivity index (χ4n) is 3.94. The molecule has 1 aromatic heterocycles. The molecular weight excluding hydrogens is 403 g/mol. The van der Waals surface area contributed by atoms with Crippen LogP contribution in [-0.4, -0.2) is 77.4 Å². The Balaban J connectivity index is 1.90. The van der Waals surface area contributed by atoms with Gasteiger partial charge in [-0.15, -0.1) is 0 Å². The van der Waals surface area contributed by atoms with Gasteiger partial charge in [-0.3, -0.25) is 19.3 Å². The van der Waals surface area contributed by atoms with Crippen molar-refractivity contribution in [2.24, 2.45) is 0 Å². The van der Waals surface area contributed by atoms with Crippen molar-refractivity contribution in [1.29, 1.82) is 0 Å². The SMILES string of the molecule is CN(CCO)C(=O)c1c2c(c[nH]c1=O)CN(C(=O)C(c1cccc(F)c1)N(C)C)CC2. The first-order chi connectivity index (χ1) is 14.7. The molecule has 2 heterocycles. The van der Waals surface area contributed by atoms with Crippen LogP contribution in [0.15, 0.2) is 35.3 Å². The fraction of sp³-hybridized carbons (Fsp3) is 0.409. The number of likely N-dealkylation sites (N-methyl/N-ethyl adjacent to an activating group) is 2. The van der Waals surface area contributed by atoms with E-state index in [4.69, 9.17) is 5.11 Å². The maximum absolute atomic E-state index is 13.7. The molecule has 31 heavy (non-hydrogen) atoms. The van der Waals surface area contributed by atoms with Gasteiger partial charge in [-0.25, -0.2) is 4.39 Å². The Kier molecular flexibility index (Phi) is 6.87. The van der Waals surface area contributed by atoms with Crippen LogP contribution in [0.2, 0.25) is 0 Å². The van der Waals surface area contributed by atoms with Gasteiger partial charge >= 0.3 is 0 Å². The summed E-state index contributed by atoms with van der Waals surface area (Å²) >= 11 is 0. The molecule has 0 saturated carbocycles. The minimum Gasteiger partial charge on any atom is -0.395 e. The third kappa shape index (κ3) is 4.67. The molecule has 0 fully saturated rings. The van der Waals surface area contributed by atoms with Crippen molar-refractivity contribution in [3.05, 3.63) is 68.9 Å². The van der Waals surface area contributed by atoms with Crippen molar-refractivity contribution >= 4 is 11.8 Å². The van der Waals surface area contributed by atoms with Crippen LogP contribution in [0.25, 0.3) is 0 Å². The minimum atomic E-state index is -0.656. The molecule has 2 aromatic rings. The monoisotopic (exact) mass is 430 g/mol. The van der Waals surface area contributed by atoms with E-state index in [1.807, 2.05) is 0 Å². The van der Waals surface area contributed by atoms with E-state index in [9.17, 15) is 18.8 Å². The number of fused-ring (bicyclic) bond motifs is 1. The molecule has 2 amide bonds. The number of rotatable bonds is 6. The van der Waals surface area contributed by atoms with Crippen molar-refractivity contribution < 1.29 is 19.1 Å². The van der Waals surface area contributed by atoms with Gasteiger partial charge in [0.15, 0.2) is 0 Å². The molecule has 1 aromatic carbocycles. The molecule has 2 N–H and O–H groups in total. The summed E-state index contributed by atoms with van der Waals surface area (Å²) in [5.74, 6) is -1.05. The molecular formula is C22H27FN4O4. The summed E-state index contributed by atoms with van der Waals surface area (Å²) in [4.78, 5) is 45.7. The summed E-state index contributed by atoms with van der Waals surface area (Å²) in [7, 11) is 5.05. The Hall–Kier alpha value is -3.04. The number of hydrogen-bond acceptors (Lipinski definition) is 5. The average molecular weight is 430 g/mol. The van der Waals surface area contributed by atoms with Crippen LogP contribution >= 0.6 is 0 Å². The molecule has 9 heteroatoms. The Morgan fingerprint density at radius 3 is 2.68 bits per heavy atom. The number of benzene rings is 1. The number of nitrogens with one attached hydrogen (secondary N) is 1. The number of pyridine rings is 1. The first kappa shape index (κ1) is 22.6. The number of nitrogens with zero attached hydrogens (tertiary/aromatic N) is 3. The first-order valence-electron chi connectivity index (χ1n) is 10.0. The first-order valence-corrected chi connectivity index (χ1v) is 10.0. The van der Waals surface area contributed by atoms with E-state index < -0.39 is 23.3 Å². The number of hydrogen-bond donors (Lipinski definition) is 2. The molecule has 1 unspecified atom stereocenters. The summed E-state index contributed by atoms with van der Waals surface area (Å²) in [5.41, 5.74) is 1.43. The number of carbonyl (C=O) groups is 2. The summed E-state index contributed by atoms with van der Waals surface area (Å²) in [5, 5.41) is 9.09. The van der Waals surface area contributed by atoms with E-state index >= 15 is 0 Å². The molecule has 1 aliphatic rings. The second kappa shape index (κ2) is 9.40. The molecule has 0 saturated heterocycles. The zero-order chi connectivity index (χ0) is 22.7. The topological polar surface area (TPSA) is 97.0 Å². The quantitative estimate of drug-likeness (QED) is 0.706. The Morgan fingerprint density at radius 1 is 1.29 bits per heavy atom. The van der Waals surface area contributed by atoms with Crippen molar-refractivity contribution in [1.82, 2.24) is 19.7 Å². The molecule has 0 aliphatic carbocycles. The molecule has 0 radical (unpaired) electrons. The molecule has 8 nitrogen and oxygen atoms in total. The maximum Gasteiger partial charge on any atom is 0.261 e. The maximum atomic E-state index is 13.7. The van der Waals surface area contributed by atoms with E-state index in [1.165, 1.54) is 30.3 Å². The Bertz CT molecular complexity index is 1040. The van der Waals surface area contributed by atoms with Gasteiger partial charge in [-0.2, -0.15) is 0 Å². The van der Waals surface area contributed by atoms with E-state index in [0.717, 1.165) is 0 Å². The van der Waals surface area contributed by atoms with Gasteiger partial charge in [0.2, 0.25) is 5.91 Å². The normalized spacial score (nSPS) is 14.3. The molecule has 0 bridgehead atoms. The van der Waals surface area contributed by atoms with Crippen LogP contribution < -0.4 is 5.56 Å². The summed E-state index contributed by atoms with van der Waals surface area (Å²) < 4.78 is 13.7. The number of aromatic amines is 1. The lowest BCUT2D eigenvalue weighted by Crippen LogP contribution is -2.44. The largest absolute Gasteiger partial charge is 0.395 e. The number of H-pyrrole nitrogens is 1. The fourth-order valence-corrected chi connectivity index (χ4v) is 3.94. The highest BCUT2D eigenvalue weighted by Gasteiger charge is 2.32. The standard InChI is InChI=1S/C22H27FN4O4/c1-25(2)19(14-5-4-6-16(23)11-14)22(31)27-8-7-17-15(13-27)12-24-20(29)18(17)21(30)26(3)9-10-28/h4-6,11-12,19,28H,7-10,13H2,1-3H3,(H,24,29). The van der Waals surface area contributed by atoms with E-state index in [-0.39, 0.29) is 31.2 Å². The smallest absolute Gasteiger partial charge is 0.261 e. The van der Waals surface area contributed by atoms with Gasteiger partial charge in [0, 0.05) is 32.9 Å². The number of aliphatic hydroxyl groups is 1. The van der Waals surface area contributed by atoms with Crippen LogP contribution in [0.4, 0.5) is 4.39 Å². The van der Waals surface area contributed by atoms with Crippen molar-refractivity contribution in [2.45, 2.75) is 19.0 Å². The van der Waals surface area contributed by atoms with E-state index in [2.05, 4.69) is 4.98 Å².